The number of benzene rings is 1. The van der Waals surface area contributed by atoms with Gasteiger partial charge >= 0.3 is 0 Å². The number of imidazole rings is 1. The molecular formula is C16H16N8O. The Balaban J connectivity index is 1.75. The molecule has 0 aliphatic rings. The smallest absolute Gasteiger partial charge is 0.200 e. The molecule has 9 heteroatoms. The minimum absolute atomic E-state index is 0.212. The van der Waals surface area contributed by atoms with E-state index in [4.69, 9.17) is 4.74 Å². The third kappa shape index (κ3) is 2.87. The Hall–Kier alpha value is -3.49. The number of aryl methyl sites for hydroxylation is 1. The van der Waals surface area contributed by atoms with Gasteiger partial charge in [-0.15, -0.1) is 14.8 Å². The van der Waals surface area contributed by atoms with Crippen molar-refractivity contribution in [2.24, 2.45) is 7.05 Å². The molecule has 0 spiro atoms. The number of tetrazole rings is 1. The first-order valence-electron chi connectivity index (χ1n) is 7.68. The zero-order valence-electron chi connectivity index (χ0n) is 13.7. The summed E-state index contributed by atoms with van der Waals surface area (Å²) in [5.74, 6) is 2.27. The van der Waals surface area contributed by atoms with Crippen molar-refractivity contribution in [2.75, 3.05) is 12.4 Å². The molecule has 0 radical (unpaired) electrons. The third-order valence-electron chi connectivity index (χ3n) is 3.91. The van der Waals surface area contributed by atoms with Crippen molar-refractivity contribution < 1.29 is 4.74 Å². The highest BCUT2D eigenvalue weighted by Gasteiger charge is 2.20. The molecule has 126 valence electrons. The Morgan fingerprint density at radius 3 is 2.92 bits per heavy atom. The van der Waals surface area contributed by atoms with Crippen LogP contribution in [0, 0.1) is 0 Å². The van der Waals surface area contributed by atoms with Crippen molar-refractivity contribution in [3.8, 4) is 5.75 Å². The van der Waals surface area contributed by atoms with Crippen LogP contribution in [0.2, 0.25) is 0 Å². The maximum Gasteiger partial charge on any atom is 0.200 e. The SMILES string of the molecule is COc1cccc([C@H](Nc2ccc3nnnn3n2)c2nccn2C)c1. The Morgan fingerprint density at radius 2 is 2.12 bits per heavy atom. The van der Waals surface area contributed by atoms with E-state index >= 15 is 0 Å². The van der Waals surface area contributed by atoms with Crippen LogP contribution >= 0.6 is 0 Å². The van der Waals surface area contributed by atoms with E-state index in [1.807, 2.05) is 48.1 Å². The molecule has 0 aliphatic heterocycles. The van der Waals surface area contributed by atoms with E-state index in [1.54, 1.807) is 19.4 Å². The van der Waals surface area contributed by atoms with Crippen LogP contribution in [0.3, 0.4) is 0 Å². The van der Waals surface area contributed by atoms with E-state index in [-0.39, 0.29) is 6.04 Å². The van der Waals surface area contributed by atoms with E-state index in [2.05, 4.69) is 30.9 Å². The molecule has 0 amide bonds. The van der Waals surface area contributed by atoms with Gasteiger partial charge in [-0.25, -0.2) is 4.98 Å². The molecular weight excluding hydrogens is 320 g/mol. The number of methoxy groups -OCH3 is 1. The van der Waals surface area contributed by atoms with Gasteiger partial charge in [0.15, 0.2) is 5.65 Å². The third-order valence-corrected chi connectivity index (χ3v) is 3.91. The molecule has 0 bridgehead atoms. The molecule has 1 aromatic carbocycles. The summed E-state index contributed by atoms with van der Waals surface area (Å²) in [6.45, 7) is 0. The summed E-state index contributed by atoms with van der Waals surface area (Å²) in [6.07, 6.45) is 3.67. The fraction of sp³-hybridized carbons (Fsp3) is 0.188. The number of nitrogens with zero attached hydrogens (tertiary/aromatic N) is 7. The first kappa shape index (κ1) is 15.1. The molecule has 0 unspecified atom stereocenters. The van der Waals surface area contributed by atoms with Gasteiger partial charge in [-0.05, 0) is 40.3 Å². The highest BCUT2D eigenvalue weighted by Crippen LogP contribution is 2.27. The minimum Gasteiger partial charge on any atom is -0.497 e. The maximum atomic E-state index is 5.35. The lowest BCUT2D eigenvalue weighted by Gasteiger charge is -2.20. The van der Waals surface area contributed by atoms with Crippen LogP contribution in [0.15, 0.2) is 48.8 Å². The van der Waals surface area contributed by atoms with Crippen LogP contribution in [0.5, 0.6) is 5.75 Å². The van der Waals surface area contributed by atoms with E-state index in [0.717, 1.165) is 17.1 Å². The quantitative estimate of drug-likeness (QED) is 0.589. The lowest BCUT2D eigenvalue weighted by molar-refractivity contribution is 0.414. The number of fused-ring (bicyclic) bond motifs is 1. The van der Waals surface area contributed by atoms with Gasteiger partial charge < -0.3 is 14.6 Å². The zero-order chi connectivity index (χ0) is 17.2. The molecule has 0 saturated heterocycles. The normalized spacial score (nSPS) is 12.2. The van der Waals surface area contributed by atoms with Crippen molar-refractivity contribution in [3.63, 3.8) is 0 Å². The van der Waals surface area contributed by atoms with Crippen LogP contribution in [0.25, 0.3) is 5.65 Å². The number of ether oxygens (including phenoxy) is 1. The number of nitrogens with one attached hydrogen (secondary N) is 1. The fourth-order valence-corrected chi connectivity index (χ4v) is 2.65. The maximum absolute atomic E-state index is 5.35. The molecule has 1 atom stereocenters. The number of anilines is 1. The topological polar surface area (TPSA) is 95.1 Å². The monoisotopic (exact) mass is 336 g/mol. The predicted octanol–water partition coefficient (Wildman–Crippen LogP) is 1.46. The van der Waals surface area contributed by atoms with Gasteiger partial charge in [-0.1, -0.05) is 12.1 Å². The first-order chi connectivity index (χ1) is 12.2. The Morgan fingerprint density at radius 1 is 1.20 bits per heavy atom. The Labute approximate surface area is 143 Å². The molecule has 4 aromatic rings. The van der Waals surface area contributed by atoms with Crippen LogP contribution in [0.1, 0.15) is 17.4 Å². The summed E-state index contributed by atoms with van der Waals surface area (Å²) in [4.78, 5) is 4.48. The lowest BCUT2D eigenvalue weighted by Crippen LogP contribution is -2.18. The van der Waals surface area contributed by atoms with Crippen molar-refractivity contribution in [2.45, 2.75) is 6.04 Å². The van der Waals surface area contributed by atoms with Gasteiger partial charge in [-0.3, -0.25) is 0 Å². The van der Waals surface area contributed by atoms with E-state index in [1.165, 1.54) is 4.63 Å². The van der Waals surface area contributed by atoms with Gasteiger partial charge in [0.2, 0.25) is 0 Å². The van der Waals surface area contributed by atoms with E-state index < -0.39 is 0 Å². The van der Waals surface area contributed by atoms with Crippen LogP contribution in [0.4, 0.5) is 5.82 Å². The fourth-order valence-electron chi connectivity index (χ4n) is 2.65. The second kappa shape index (κ2) is 6.19. The highest BCUT2D eigenvalue weighted by molar-refractivity contribution is 5.46. The highest BCUT2D eigenvalue weighted by atomic mass is 16.5. The standard InChI is InChI=1S/C16H16N8O/c1-23-9-8-17-16(23)15(11-4-3-5-12(10-11)25-2)18-13-6-7-14-19-21-22-24(14)20-13/h3-10,15H,1-2H3,(H,18,20)/t15-/m0/s1. The molecule has 1 N–H and O–H groups in total. The summed E-state index contributed by atoms with van der Waals surface area (Å²) in [5.41, 5.74) is 1.59. The molecule has 0 aliphatic carbocycles. The number of hydrogen-bond acceptors (Lipinski definition) is 7. The first-order valence-corrected chi connectivity index (χ1v) is 7.68. The zero-order valence-corrected chi connectivity index (χ0v) is 13.7. The molecule has 0 fully saturated rings. The van der Waals surface area contributed by atoms with Crippen molar-refractivity contribution >= 4 is 11.5 Å². The number of hydrogen-bond donors (Lipinski definition) is 1. The summed E-state index contributed by atoms with van der Waals surface area (Å²) in [5, 5.41) is 19.1. The van der Waals surface area contributed by atoms with Gasteiger partial charge in [-0.2, -0.15) is 0 Å². The lowest BCUT2D eigenvalue weighted by atomic mass is 10.1. The minimum atomic E-state index is -0.212. The number of aromatic nitrogens is 7. The molecule has 0 saturated carbocycles. The van der Waals surface area contributed by atoms with Crippen LogP contribution in [-0.2, 0) is 7.05 Å². The summed E-state index contributed by atoms with van der Waals surface area (Å²) < 4.78 is 8.69. The van der Waals surface area contributed by atoms with E-state index in [9.17, 15) is 0 Å². The molecule has 3 aromatic heterocycles. The van der Waals surface area contributed by atoms with Gasteiger partial charge in [0.1, 0.15) is 23.4 Å². The van der Waals surface area contributed by atoms with Crippen molar-refractivity contribution in [1.82, 2.24) is 34.8 Å². The molecule has 9 nitrogen and oxygen atoms in total. The van der Waals surface area contributed by atoms with Crippen LogP contribution < -0.4 is 10.1 Å². The summed E-state index contributed by atoms with van der Waals surface area (Å²) in [7, 11) is 3.60. The molecule has 4 rings (SSSR count). The van der Waals surface area contributed by atoms with Crippen LogP contribution in [-0.4, -0.2) is 41.9 Å². The summed E-state index contributed by atoms with van der Waals surface area (Å²) in [6, 6.07) is 11.3. The predicted molar refractivity (Wildman–Crippen MR) is 90.2 cm³/mol. The molecule has 3 heterocycles. The van der Waals surface area contributed by atoms with Crippen molar-refractivity contribution in [1.29, 1.82) is 0 Å². The van der Waals surface area contributed by atoms with Gasteiger partial charge in [0.25, 0.3) is 0 Å². The summed E-state index contributed by atoms with van der Waals surface area (Å²) >= 11 is 0. The number of rotatable bonds is 5. The second-order valence-corrected chi connectivity index (χ2v) is 5.50. The van der Waals surface area contributed by atoms with Gasteiger partial charge in [0.05, 0.1) is 7.11 Å². The Bertz CT molecular complexity index is 1010. The van der Waals surface area contributed by atoms with Crippen molar-refractivity contribution in [3.05, 3.63) is 60.2 Å². The average molecular weight is 336 g/mol. The Kier molecular flexibility index (Phi) is 3.73. The van der Waals surface area contributed by atoms with Gasteiger partial charge in [0, 0.05) is 19.4 Å². The molecule has 25 heavy (non-hydrogen) atoms. The van der Waals surface area contributed by atoms with E-state index in [0.29, 0.717) is 11.5 Å². The second-order valence-electron chi connectivity index (χ2n) is 5.50. The largest absolute Gasteiger partial charge is 0.497 e. The average Bonchev–Trinajstić information content (AvgIpc) is 3.28.